The standard InChI is InChI=1S/C54H34N2S.C42H27ClN2.C12H9BO2S/c1-3-14-40(15-4-1)55-49-23-10-7-18-43(49)47-33-35(26-28-51(47)55)37-30-38(32-39(31-37)42-21-13-22-46-45-20-9-12-25-53(45)57-54(42)46)36-27-29-52-48(34-36)44-19-8-11-24-50(44)56(52)41-16-5-2-6-17-41;43-32-24-30(28-19-21-41-37(26-28)35-15-7-9-17-39(35)44(41)33-11-3-1-4-12-33)23-31(25-32)29-20-22-42-38(27-29)36-16-8-10-18-40(36)45(42)34-13-5-2-6-14-34;14-13(15)10-6-3-5-9-8-4-1-2-7-11(8)16-12(9)10/h1-34H;1-27H;1-7,14-15H. The molecular formula is C108H70BClN4O2S2. The van der Waals surface area contributed by atoms with Gasteiger partial charge in [0.2, 0.25) is 0 Å². The lowest BCUT2D eigenvalue weighted by atomic mass is 9.80. The van der Waals surface area contributed by atoms with Crippen LogP contribution in [-0.2, 0) is 0 Å². The van der Waals surface area contributed by atoms with Crippen molar-refractivity contribution < 1.29 is 10.0 Å². The van der Waals surface area contributed by atoms with Crippen molar-refractivity contribution in [2.75, 3.05) is 0 Å². The minimum Gasteiger partial charge on any atom is -0.423 e. The highest BCUT2D eigenvalue weighted by Crippen LogP contribution is 2.46. The van der Waals surface area contributed by atoms with Crippen LogP contribution < -0.4 is 5.46 Å². The summed E-state index contributed by atoms with van der Waals surface area (Å²) in [7, 11) is -1.41. The number of thiophene rings is 2. The van der Waals surface area contributed by atoms with E-state index in [1.165, 1.54) is 162 Å². The van der Waals surface area contributed by atoms with E-state index in [4.69, 9.17) is 11.6 Å². The van der Waals surface area contributed by atoms with Gasteiger partial charge in [0, 0.05) is 106 Å². The molecule has 556 valence electrons. The van der Waals surface area contributed by atoms with Gasteiger partial charge in [-0.2, -0.15) is 0 Å². The van der Waals surface area contributed by atoms with Gasteiger partial charge in [-0.05, 0) is 236 Å². The van der Waals surface area contributed by atoms with E-state index in [1.54, 1.807) is 17.4 Å². The molecule has 0 radical (unpaired) electrons. The minimum atomic E-state index is -1.41. The van der Waals surface area contributed by atoms with Gasteiger partial charge in [0.25, 0.3) is 0 Å². The Balaban J connectivity index is 0.000000122. The highest BCUT2D eigenvalue weighted by atomic mass is 35.5. The lowest BCUT2D eigenvalue weighted by Crippen LogP contribution is -2.29. The second-order valence-corrected chi connectivity index (χ2v) is 32.7. The molecule has 0 fully saturated rings. The SMILES string of the molecule is Clc1cc(-c2ccc3c(c2)c2ccccc2n3-c2ccccc2)cc(-c2ccc3c(c2)c2ccccc2n3-c2ccccc2)c1.OB(O)c1cccc2c1sc1ccccc12.c1ccc(-n2c3ccccc3c3cc(-c4cc(-c5ccc6c(c5)c5ccccc5n6-c5ccccc5)cc(-c5cccc6c5sc5ccccc56)c4)ccc32)cc1. The maximum Gasteiger partial charge on any atom is 0.489 e. The average molecular weight is 1570 g/mol. The second kappa shape index (κ2) is 29.3. The number of para-hydroxylation sites is 8. The Morgan fingerprint density at radius 3 is 0.831 bits per heavy atom. The molecule has 0 atom stereocenters. The van der Waals surface area contributed by atoms with Gasteiger partial charge in [-0.15, -0.1) is 22.7 Å². The van der Waals surface area contributed by atoms with Crippen LogP contribution in [0.4, 0.5) is 0 Å². The first-order valence-electron chi connectivity index (χ1n) is 39.8. The first-order valence-corrected chi connectivity index (χ1v) is 41.8. The maximum absolute atomic E-state index is 9.31. The lowest BCUT2D eigenvalue weighted by molar-refractivity contribution is 0.426. The molecule has 6 aromatic heterocycles. The third-order valence-electron chi connectivity index (χ3n) is 23.3. The molecule has 18 aromatic carbocycles. The Hall–Kier alpha value is -14.1. The number of aromatic nitrogens is 4. The Kier molecular flexibility index (Phi) is 17.5. The van der Waals surface area contributed by atoms with Crippen molar-refractivity contribution in [3.63, 3.8) is 0 Å². The van der Waals surface area contributed by atoms with Gasteiger partial charge in [0.1, 0.15) is 0 Å². The van der Waals surface area contributed by atoms with Crippen molar-refractivity contribution in [1.82, 2.24) is 18.3 Å². The summed E-state index contributed by atoms with van der Waals surface area (Å²) < 4.78 is 14.2. The number of rotatable bonds is 10. The quantitative estimate of drug-likeness (QED) is 0.134. The molecule has 24 rings (SSSR count). The lowest BCUT2D eigenvalue weighted by Gasteiger charge is -2.13. The summed E-state index contributed by atoms with van der Waals surface area (Å²) in [4.78, 5) is 0. The van der Waals surface area contributed by atoms with E-state index in [1.807, 2.05) is 41.7 Å². The van der Waals surface area contributed by atoms with Crippen LogP contribution >= 0.6 is 34.3 Å². The molecule has 118 heavy (non-hydrogen) atoms. The summed E-state index contributed by atoms with van der Waals surface area (Å²) in [6.45, 7) is 0. The fourth-order valence-corrected chi connectivity index (χ4v) is 20.7. The normalized spacial score (nSPS) is 11.7. The molecule has 0 amide bonds. The van der Waals surface area contributed by atoms with Crippen LogP contribution in [0.25, 0.3) is 206 Å². The molecule has 0 saturated carbocycles. The van der Waals surface area contributed by atoms with Crippen LogP contribution in [0, 0.1) is 0 Å². The van der Waals surface area contributed by atoms with Crippen LogP contribution in [0.15, 0.2) is 413 Å². The van der Waals surface area contributed by atoms with Crippen LogP contribution in [-0.4, -0.2) is 35.4 Å². The zero-order valence-electron chi connectivity index (χ0n) is 63.7. The number of benzene rings is 18. The minimum absolute atomic E-state index is 0.582. The summed E-state index contributed by atoms with van der Waals surface area (Å²) in [6.07, 6.45) is 0. The molecule has 0 spiro atoms. The average Bonchev–Trinajstić information content (AvgIpc) is 1.55. The van der Waals surface area contributed by atoms with Crippen molar-refractivity contribution in [3.8, 4) is 78.4 Å². The van der Waals surface area contributed by atoms with Crippen LogP contribution in [0.2, 0.25) is 5.02 Å². The molecule has 6 nitrogen and oxygen atoms in total. The fraction of sp³-hybridized carbons (Fsp3) is 0. The summed E-state index contributed by atoms with van der Waals surface area (Å²) in [5.74, 6) is 0. The zero-order valence-corrected chi connectivity index (χ0v) is 66.1. The highest BCUT2D eigenvalue weighted by molar-refractivity contribution is 7.27. The maximum atomic E-state index is 9.31. The molecule has 0 unspecified atom stereocenters. The number of hydrogen-bond acceptors (Lipinski definition) is 4. The highest BCUT2D eigenvalue weighted by Gasteiger charge is 2.23. The third kappa shape index (κ3) is 12.2. The summed E-state index contributed by atoms with van der Waals surface area (Å²) in [5, 5.41) is 34.2. The van der Waals surface area contributed by atoms with Gasteiger partial charge >= 0.3 is 7.12 Å². The van der Waals surface area contributed by atoms with Crippen LogP contribution in [0.3, 0.4) is 0 Å². The Morgan fingerprint density at radius 1 is 0.203 bits per heavy atom. The van der Waals surface area contributed by atoms with E-state index in [0.29, 0.717) is 5.46 Å². The second-order valence-electron chi connectivity index (χ2n) is 30.2. The third-order valence-corrected chi connectivity index (χ3v) is 26.0. The molecule has 0 bridgehead atoms. The summed E-state index contributed by atoms with van der Waals surface area (Å²) in [5.41, 5.74) is 26.6. The Morgan fingerprint density at radius 2 is 0.475 bits per heavy atom. The Bertz CT molecular complexity index is 7710. The fourth-order valence-electron chi connectivity index (χ4n) is 18.0. The van der Waals surface area contributed by atoms with E-state index in [2.05, 4.69) is 394 Å². The molecule has 0 aliphatic heterocycles. The molecule has 24 aromatic rings. The first-order chi connectivity index (χ1) is 58.3. The van der Waals surface area contributed by atoms with Crippen molar-refractivity contribution in [2.45, 2.75) is 0 Å². The van der Waals surface area contributed by atoms with Gasteiger partial charge in [0.15, 0.2) is 0 Å². The molecule has 0 saturated heterocycles. The molecule has 10 heteroatoms. The topological polar surface area (TPSA) is 60.2 Å². The molecule has 0 aliphatic carbocycles. The van der Waals surface area contributed by atoms with Gasteiger partial charge < -0.3 is 28.3 Å². The van der Waals surface area contributed by atoms with Crippen molar-refractivity contribution >= 4 is 174 Å². The number of halogens is 1. The zero-order chi connectivity index (χ0) is 78.5. The van der Waals surface area contributed by atoms with Gasteiger partial charge in [-0.1, -0.05) is 254 Å². The molecular weight excluding hydrogens is 1500 g/mol. The van der Waals surface area contributed by atoms with Gasteiger partial charge in [-0.3, -0.25) is 0 Å². The van der Waals surface area contributed by atoms with E-state index in [0.717, 1.165) is 48.7 Å². The van der Waals surface area contributed by atoms with E-state index < -0.39 is 7.12 Å². The molecule has 6 heterocycles. The van der Waals surface area contributed by atoms with E-state index in [-0.39, 0.29) is 0 Å². The van der Waals surface area contributed by atoms with Crippen molar-refractivity contribution in [3.05, 3.63) is 418 Å². The van der Waals surface area contributed by atoms with Crippen molar-refractivity contribution in [1.29, 1.82) is 0 Å². The van der Waals surface area contributed by atoms with Crippen molar-refractivity contribution in [2.24, 2.45) is 0 Å². The smallest absolute Gasteiger partial charge is 0.423 e. The predicted octanol–water partition coefficient (Wildman–Crippen LogP) is 28.9. The van der Waals surface area contributed by atoms with Crippen LogP contribution in [0.1, 0.15) is 0 Å². The van der Waals surface area contributed by atoms with Gasteiger partial charge in [-0.25, -0.2) is 0 Å². The Labute approximate surface area is 693 Å². The predicted molar refractivity (Wildman–Crippen MR) is 504 cm³/mol. The van der Waals surface area contributed by atoms with Gasteiger partial charge in [0.05, 0.1) is 44.1 Å². The molecule has 0 aliphatic rings. The van der Waals surface area contributed by atoms with E-state index in [9.17, 15) is 10.0 Å². The number of fused-ring (bicyclic) bond motifs is 18. The summed E-state index contributed by atoms with van der Waals surface area (Å²) in [6, 6.07) is 148. The van der Waals surface area contributed by atoms with E-state index >= 15 is 0 Å². The summed E-state index contributed by atoms with van der Waals surface area (Å²) >= 11 is 10.3. The van der Waals surface area contributed by atoms with Crippen LogP contribution in [0.5, 0.6) is 0 Å². The first kappa shape index (κ1) is 70.5. The number of hydrogen-bond donors (Lipinski definition) is 2. The largest absolute Gasteiger partial charge is 0.489 e. The monoisotopic (exact) mass is 1560 g/mol. The number of nitrogens with zero attached hydrogens (tertiary/aromatic N) is 4. The molecule has 2 N–H and O–H groups in total.